The molecule has 0 radical (unpaired) electrons. The van der Waals surface area contributed by atoms with Crippen molar-refractivity contribution in [3.05, 3.63) is 11.3 Å². The number of carbonyl (C=O) groups is 2. The highest BCUT2D eigenvalue weighted by molar-refractivity contribution is 5.99. The molecular formula is C14H23N3O5. The lowest BCUT2D eigenvalue weighted by Crippen LogP contribution is -2.29. The lowest BCUT2D eigenvalue weighted by atomic mass is 10.2. The summed E-state index contributed by atoms with van der Waals surface area (Å²) in [6.07, 6.45) is -0.711. The third-order valence-electron chi connectivity index (χ3n) is 2.54. The molecular weight excluding hydrogens is 290 g/mol. The summed E-state index contributed by atoms with van der Waals surface area (Å²) in [5.41, 5.74) is -0.121. The molecule has 0 aliphatic heterocycles. The molecule has 0 aliphatic rings. The monoisotopic (exact) mass is 313 g/mol. The van der Waals surface area contributed by atoms with Gasteiger partial charge in [0, 0.05) is 0 Å². The van der Waals surface area contributed by atoms with E-state index in [1.165, 1.54) is 4.68 Å². The van der Waals surface area contributed by atoms with E-state index in [1.54, 1.807) is 34.6 Å². The molecule has 1 aromatic heterocycles. The molecule has 22 heavy (non-hydrogen) atoms. The van der Waals surface area contributed by atoms with Crippen LogP contribution in [0.25, 0.3) is 0 Å². The van der Waals surface area contributed by atoms with Crippen LogP contribution in [0, 0.1) is 6.92 Å². The molecule has 2 N–H and O–H groups in total. The summed E-state index contributed by atoms with van der Waals surface area (Å²) < 4.78 is 11.5. The van der Waals surface area contributed by atoms with Crippen LogP contribution in [0.3, 0.4) is 0 Å². The zero-order valence-corrected chi connectivity index (χ0v) is 13.6. The van der Waals surface area contributed by atoms with Crippen molar-refractivity contribution in [3.63, 3.8) is 0 Å². The Morgan fingerprint density at radius 3 is 2.50 bits per heavy atom. The van der Waals surface area contributed by atoms with Gasteiger partial charge in [0.1, 0.15) is 17.0 Å². The van der Waals surface area contributed by atoms with Gasteiger partial charge in [-0.2, -0.15) is 5.10 Å². The molecule has 0 atom stereocenters. The number of anilines is 1. The molecule has 0 fully saturated rings. The minimum atomic E-state index is -0.711. The van der Waals surface area contributed by atoms with Crippen LogP contribution in [-0.4, -0.2) is 45.8 Å². The van der Waals surface area contributed by atoms with Gasteiger partial charge >= 0.3 is 12.1 Å². The first-order chi connectivity index (χ1) is 10.2. The number of hydrogen-bond donors (Lipinski definition) is 2. The first kappa shape index (κ1) is 18.0. The number of aryl methyl sites for hydroxylation is 1. The van der Waals surface area contributed by atoms with Crippen molar-refractivity contribution in [1.82, 2.24) is 9.78 Å². The zero-order chi connectivity index (χ0) is 16.9. The van der Waals surface area contributed by atoms with E-state index in [0.29, 0.717) is 5.69 Å². The fourth-order valence-electron chi connectivity index (χ4n) is 1.81. The standard InChI is InChI=1S/C14H23N3O5/c1-6-21-12(19)10-9(2)16-17(7-8-18)11(10)15-13(20)22-14(3,4)5/h18H,6-8H2,1-5H3,(H,15,20). The van der Waals surface area contributed by atoms with Gasteiger partial charge < -0.3 is 14.6 Å². The second-order valence-electron chi connectivity index (χ2n) is 5.60. The summed E-state index contributed by atoms with van der Waals surface area (Å²) >= 11 is 0. The van der Waals surface area contributed by atoms with Crippen LogP contribution in [0.1, 0.15) is 43.7 Å². The minimum Gasteiger partial charge on any atom is -0.462 e. The summed E-state index contributed by atoms with van der Waals surface area (Å²) in [5, 5.41) is 15.7. The highest BCUT2D eigenvalue weighted by Crippen LogP contribution is 2.22. The second-order valence-corrected chi connectivity index (χ2v) is 5.60. The van der Waals surface area contributed by atoms with Gasteiger partial charge in [-0.05, 0) is 34.6 Å². The van der Waals surface area contributed by atoms with Crippen LogP contribution in [0.5, 0.6) is 0 Å². The van der Waals surface area contributed by atoms with E-state index in [4.69, 9.17) is 14.6 Å². The van der Waals surface area contributed by atoms with Crippen molar-refractivity contribution in [3.8, 4) is 0 Å². The molecule has 1 heterocycles. The first-order valence-electron chi connectivity index (χ1n) is 7.05. The van der Waals surface area contributed by atoms with Crippen LogP contribution in [0.2, 0.25) is 0 Å². The lowest BCUT2D eigenvalue weighted by Gasteiger charge is -2.20. The van der Waals surface area contributed by atoms with E-state index in [2.05, 4.69) is 10.4 Å². The second kappa shape index (κ2) is 7.26. The minimum absolute atomic E-state index is 0.130. The summed E-state index contributed by atoms with van der Waals surface area (Å²) in [4.78, 5) is 24.0. The van der Waals surface area contributed by atoms with Crippen molar-refractivity contribution >= 4 is 17.9 Å². The number of carbonyl (C=O) groups excluding carboxylic acids is 2. The number of hydrogen-bond acceptors (Lipinski definition) is 6. The summed E-state index contributed by atoms with van der Waals surface area (Å²) in [7, 11) is 0. The quantitative estimate of drug-likeness (QED) is 0.802. The van der Waals surface area contributed by atoms with Crippen molar-refractivity contribution in [2.45, 2.75) is 46.8 Å². The van der Waals surface area contributed by atoms with Gasteiger partial charge in [-0.25, -0.2) is 14.3 Å². The van der Waals surface area contributed by atoms with Gasteiger partial charge in [0.15, 0.2) is 0 Å². The largest absolute Gasteiger partial charge is 0.462 e. The lowest BCUT2D eigenvalue weighted by molar-refractivity contribution is 0.0526. The van der Waals surface area contributed by atoms with E-state index in [1.807, 2.05) is 0 Å². The molecule has 1 aromatic rings. The molecule has 0 saturated carbocycles. The van der Waals surface area contributed by atoms with Crippen LogP contribution in [0.4, 0.5) is 10.6 Å². The number of amides is 1. The van der Waals surface area contributed by atoms with E-state index in [0.717, 1.165) is 0 Å². The smallest absolute Gasteiger partial charge is 0.413 e. The normalized spacial score (nSPS) is 11.2. The molecule has 8 nitrogen and oxygen atoms in total. The van der Waals surface area contributed by atoms with Gasteiger partial charge in [0.25, 0.3) is 0 Å². The maximum absolute atomic E-state index is 12.0. The molecule has 0 spiro atoms. The van der Waals surface area contributed by atoms with E-state index in [9.17, 15) is 9.59 Å². The Hall–Kier alpha value is -2.09. The fraction of sp³-hybridized carbons (Fsp3) is 0.643. The van der Waals surface area contributed by atoms with Crippen LogP contribution in [-0.2, 0) is 16.0 Å². The maximum Gasteiger partial charge on any atom is 0.413 e. The molecule has 1 rings (SSSR count). The Balaban J connectivity index is 3.13. The van der Waals surface area contributed by atoms with Crippen LogP contribution in [0.15, 0.2) is 0 Å². The number of ether oxygens (including phenoxy) is 2. The predicted molar refractivity (Wildman–Crippen MR) is 79.9 cm³/mol. The molecule has 1 amide bonds. The van der Waals surface area contributed by atoms with E-state index in [-0.39, 0.29) is 31.1 Å². The Kier molecular flexibility index (Phi) is 5.92. The zero-order valence-electron chi connectivity index (χ0n) is 13.6. The Labute approximate surface area is 129 Å². The number of esters is 1. The van der Waals surface area contributed by atoms with Crippen molar-refractivity contribution in [1.29, 1.82) is 0 Å². The number of aromatic nitrogens is 2. The molecule has 0 aromatic carbocycles. The van der Waals surface area contributed by atoms with Gasteiger partial charge in [-0.1, -0.05) is 0 Å². The van der Waals surface area contributed by atoms with Crippen LogP contribution >= 0.6 is 0 Å². The number of nitrogens with zero attached hydrogens (tertiary/aromatic N) is 2. The molecule has 0 unspecified atom stereocenters. The number of aliphatic hydroxyl groups excluding tert-OH is 1. The van der Waals surface area contributed by atoms with Gasteiger partial charge in [-0.3, -0.25) is 5.32 Å². The molecule has 0 aliphatic carbocycles. The van der Waals surface area contributed by atoms with Gasteiger partial charge in [0.05, 0.1) is 25.5 Å². The van der Waals surface area contributed by atoms with E-state index >= 15 is 0 Å². The molecule has 124 valence electrons. The third-order valence-corrected chi connectivity index (χ3v) is 2.54. The van der Waals surface area contributed by atoms with Gasteiger partial charge in [0.2, 0.25) is 0 Å². The fourth-order valence-corrected chi connectivity index (χ4v) is 1.81. The van der Waals surface area contributed by atoms with E-state index < -0.39 is 17.7 Å². The summed E-state index contributed by atoms with van der Waals surface area (Å²) in [5.74, 6) is -0.436. The number of aliphatic hydroxyl groups is 1. The number of nitrogens with one attached hydrogen (secondary N) is 1. The highest BCUT2D eigenvalue weighted by Gasteiger charge is 2.26. The average Bonchev–Trinajstić information content (AvgIpc) is 2.64. The SMILES string of the molecule is CCOC(=O)c1c(C)nn(CCO)c1NC(=O)OC(C)(C)C. The summed E-state index contributed by atoms with van der Waals surface area (Å²) in [6.45, 7) is 8.65. The number of rotatable bonds is 5. The van der Waals surface area contributed by atoms with Crippen molar-refractivity contribution < 1.29 is 24.2 Å². The Morgan fingerprint density at radius 2 is 2.00 bits per heavy atom. The van der Waals surface area contributed by atoms with Crippen molar-refractivity contribution in [2.75, 3.05) is 18.5 Å². The predicted octanol–water partition coefficient (Wildman–Crippen LogP) is 1.71. The molecule has 0 bridgehead atoms. The average molecular weight is 313 g/mol. The van der Waals surface area contributed by atoms with Crippen LogP contribution < -0.4 is 5.32 Å². The first-order valence-corrected chi connectivity index (χ1v) is 7.05. The topological polar surface area (TPSA) is 103 Å². The van der Waals surface area contributed by atoms with Gasteiger partial charge in [-0.15, -0.1) is 0 Å². The Morgan fingerprint density at radius 1 is 1.36 bits per heavy atom. The molecule has 0 saturated heterocycles. The maximum atomic E-state index is 12.0. The summed E-state index contributed by atoms with van der Waals surface area (Å²) in [6, 6.07) is 0. The third kappa shape index (κ3) is 4.73. The Bertz CT molecular complexity index is 545. The van der Waals surface area contributed by atoms with Crippen molar-refractivity contribution in [2.24, 2.45) is 0 Å². The molecule has 8 heteroatoms. The highest BCUT2D eigenvalue weighted by atomic mass is 16.6.